The van der Waals surface area contributed by atoms with E-state index >= 15 is 0 Å². The van der Waals surface area contributed by atoms with Gasteiger partial charge in [0.25, 0.3) is 0 Å². The molecule has 0 radical (unpaired) electrons. The molecular formula is C29H32N4O5S. The molecule has 1 aliphatic heterocycles. The van der Waals surface area contributed by atoms with Crippen molar-refractivity contribution in [3.8, 4) is 5.75 Å². The number of nitrogens with zero attached hydrogens (tertiary/aromatic N) is 4. The Hall–Kier alpha value is -3.76. The first kappa shape index (κ1) is 26.8. The van der Waals surface area contributed by atoms with Gasteiger partial charge in [-0.3, -0.25) is 4.79 Å². The van der Waals surface area contributed by atoms with Crippen molar-refractivity contribution in [3.63, 3.8) is 0 Å². The molecule has 1 aromatic heterocycles. The van der Waals surface area contributed by atoms with Gasteiger partial charge in [-0.15, -0.1) is 5.10 Å². The van der Waals surface area contributed by atoms with Crippen LogP contribution in [0.2, 0.25) is 0 Å². The molecule has 0 aliphatic carbocycles. The lowest BCUT2D eigenvalue weighted by molar-refractivity contribution is -0.137. The predicted octanol–water partition coefficient (Wildman–Crippen LogP) is 4.28. The van der Waals surface area contributed by atoms with Gasteiger partial charge in [0, 0.05) is 26.1 Å². The minimum atomic E-state index is -3.70. The van der Waals surface area contributed by atoms with Gasteiger partial charge in [0.2, 0.25) is 10.0 Å². The van der Waals surface area contributed by atoms with Gasteiger partial charge >= 0.3 is 5.97 Å². The Kier molecular flexibility index (Phi) is 7.17. The maximum Gasteiger partial charge on any atom is 0.304 e. The Morgan fingerprint density at radius 3 is 2.67 bits per heavy atom. The summed E-state index contributed by atoms with van der Waals surface area (Å²) >= 11 is 0. The first-order valence-electron chi connectivity index (χ1n) is 12.8. The number of hydrogen-bond donors (Lipinski definition) is 1. The molecule has 1 aliphatic rings. The van der Waals surface area contributed by atoms with Crippen LogP contribution in [0.25, 0.3) is 11.0 Å². The van der Waals surface area contributed by atoms with Crippen LogP contribution in [0.15, 0.2) is 59.5 Å². The summed E-state index contributed by atoms with van der Waals surface area (Å²) in [7, 11) is -0.367. The van der Waals surface area contributed by atoms with E-state index < -0.39 is 21.9 Å². The van der Waals surface area contributed by atoms with Gasteiger partial charge in [0.1, 0.15) is 16.8 Å². The molecule has 10 heteroatoms. The summed E-state index contributed by atoms with van der Waals surface area (Å²) in [5, 5.41) is 18.1. The first-order chi connectivity index (χ1) is 18.6. The van der Waals surface area contributed by atoms with Gasteiger partial charge in [-0.2, -0.15) is 4.31 Å². The van der Waals surface area contributed by atoms with Crippen molar-refractivity contribution in [3.05, 3.63) is 82.4 Å². The Morgan fingerprint density at radius 1 is 1.15 bits per heavy atom. The molecule has 2 heterocycles. The van der Waals surface area contributed by atoms with Crippen molar-refractivity contribution in [2.75, 3.05) is 13.7 Å². The summed E-state index contributed by atoms with van der Waals surface area (Å²) in [5.41, 5.74) is 5.47. The van der Waals surface area contributed by atoms with Crippen LogP contribution in [-0.4, -0.2) is 52.4 Å². The number of benzene rings is 3. The van der Waals surface area contributed by atoms with E-state index in [2.05, 4.69) is 17.2 Å². The van der Waals surface area contributed by atoms with Crippen LogP contribution in [0.3, 0.4) is 0 Å². The van der Waals surface area contributed by atoms with Gasteiger partial charge in [-0.05, 0) is 65.3 Å². The smallest absolute Gasteiger partial charge is 0.304 e. The number of rotatable bonds is 7. The van der Waals surface area contributed by atoms with Crippen LogP contribution in [-0.2, 0) is 34.8 Å². The number of methoxy groups -OCH3 is 1. The van der Waals surface area contributed by atoms with E-state index in [0.717, 1.165) is 33.3 Å². The van der Waals surface area contributed by atoms with Crippen LogP contribution >= 0.6 is 0 Å². The average molecular weight is 549 g/mol. The zero-order valence-electron chi connectivity index (χ0n) is 22.5. The Labute approximate surface area is 228 Å². The van der Waals surface area contributed by atoms with Gasteiger partial charge in [-0.25, -0.2) is 13.1 Å². The largest absolute Gasteiger partial charge is 0.494 e. The van der Waals surface area contributed by atoms with E-state index in [1.807, 2.05) is 49.4 Å². The summed E-state index contributed by atoms with van der Waals surface area (Å²) in [5.74, 6) is -0.734. The van der Waals surface area contributed by atoms with Crippen molar-refractivity contribution in [2.45, 2.75) is 44.0 Å². The highest BCUT2D eigenvalue weighted by Gasteiger charge is 2.32. The molecule has 4 aromatic rings. The third-order valence-electron chi connectivity index (χ3n) is 7.48. The summed E-state index contributed by atoms with van der Waals surface area (Å²) in [6, 6.07) is 16.7. The SMILES string of the molecule is COc1cc(C(CC(=O)O)c2ccc(C)c(CN3C[C@H](C)Cc4ccccc4S3(=O)=O)c2)cc2nnn(C)c12. The number of ether oxygens (including phenoxy) is 1. The van der Waals surface area contributed by atoms with Crippen LogP contribution < -0.4 is 4.74 Å². The van der Waals surface area contributed by atoms with E-state index in [4.69, 9.17) is 4.74 Å². The molecule has 0 spiro atoms. The second-order valence-electron chi connectivity index (χ2n) is 10.4. The highest BCUT2D eigenvalue weighted by molar-refractivity contribution is 7.89. The van der Waals surface area contributed by atoms with Crippen LogP contribution in [0, 0.1) is 12.8 Å². The zero-order chi connectivity index (χ0) is 27.9. The quantitative estimate of drug-likeness (QED) is 0.367. The number of carbonyl (C=O) groups is 1. The highest BCUT2D eigenvalue weighted by Crippen LogP contribution is 2.36. The Balaban J connectivity index is 1.56. The van der Waals surface area contributed by atoms with Crippen LogP contribution in [0.5, 0.6) is 5.75 Å². The van der Waals surface area contributed by atoms with Gasteiger partial charge in [0.05, 0.1) is 18.4 Å². The Morgan fingerprint density at radius 2 is 1.92 bits per heavy atom. The summed E-state index contributed by atoms with van der Waals surface area (Å²) in [6.45, 7) is 4.61. The first-order valence-corrected chi connectivity index (χ1v) is 14.3. The summed E-state index contributed by atoms with van der Waals surface area (Å²) in [4.78, 5) is 12.3. The third kappa shape index (κ3) is 5.14. The third-order valence-corrected chi connectivity index (χ3v) is 9.40. The maximum atomic E-state index is 13.7. The van der Waals surface area contributed by atoms with Crippen LogP contribution in [0.4, 0.5) is 0 Å². The molecule has 39 heavy (non-hydrogen) atoms. The fourth-order valence-corrected chi connectivity index (χ4v) is 7.27. The van der Waals surface area contributed by atoms with E-state index in [9.17, 15) is 18.3 Å². The minimum Gasteiger partial charge on any atom is -0.494 e. The predicted molar refractivity (Wildman–Crippen MR) is 147 cm³/mol. The molecule has 1 unspecified atom stereocenters. The van der Waals surface area contributed by atoms with Crippen molar-refractivity contribution in [1.82, 2.24) is 19.3 Å². The van der Waals surface area contributed by atoms with Gasteiger partial charge in [0.15, 0.2) is 0 Å². The molecule has 5 rings (SSSR count). The maximum absolute atomic E-state index is 13.7. The normalized spacial score (nSPS) is 17.9. The second-order valence-corrected chi connectivity index (χ2v) is 12.3. The molecule has 2 atom stereocenters. The lowest BCUT2D eigenvalue weighted by Gasteiger charge is -2.24. The van der Waals surface area contributed by atoms with Crippen molar-refractivity contribution in [2.24, 2.45) is 13.0 Å². The van der Waals surface area contributed by atoms with Gasteiger partial charge < -0.3 is 9.84 Å². The van der Waals surface area contributed by atoms with Gasteiger partial charge in [-0.1, -0.05) is 48.5 Å². The zero-order valence-corrected chi connectivity index (χ0v) is 23.3. The number of aromatic nitrogens is 3. The molecule has 0 bridgehead atoms. The number of carboxylic acids is 1. The number of fused-ring (bicyclic) bond motifs is 2. The fraction of sp³-hybridized carbons (Fsp3) is 0.345. The average Bonchev–Trinajstić information content (AvgIpc) is 3.24. The number of aryl methyl sites for hydroxylation is 2. The second kappa shape index (κ2) is 10.4. The van der Waals surface area contributed by atoms with Crippen molar-refractivity contribution in [1.29, 1.82) is 0 Å². The van der Waals surface area contributed by atoms with E-state index in [1.54, 1.807) is 35.3 Å². The summed E-state index contributed by atoms with van der Waals surface area (Å²) < 4.78 is 36.1. The lowest BCUT2D eigenvalue weighted by Crippen LogP contribution is -2.33. The summed E-state index contributed by atoms with van der Waals surface area (Å²) in [6.07, 6.45) is 0.544. The monoisotopic (exact) mass is 548 g/mol. The molecule has 0 saturated heterocycles. The molecular weight excluding hydrogens is 516 g/mol. The lowest BCUT2D eigenvalue weighted by atomic mass is 9.86. The molecule has 0 amide bonds. The molecule has 0 fully saturated rings. The molecule has 3 aromatic carbocycles. The van der Waals surface area contributed by atoms with E-state index in [-0.39, 0.29) is 18.9 Å². The van der Waals surface area contributed by atoms with Crippen molar-refractivity contribution < 1.29 is 23.1 Å². The molecule has 9 nitrogen and oxygen atoms in total. The van der Waals surface area contributed by atoms with E-state index in [1.165, 1.54) is 0 Å². The Bertz CT molecular complexity index is 1660. The molecule has 1 N–H and O–H groups in total. The minimum absolute atomic E-state index is 0.149. The van der Waals surface area contributed by atoms with Crippen LogP contribution in [0.1, 0.15) is 47.1 Å². The fourth-order valence-electron chi connectivity index (χ4n) is 5.50. The highest BCUT2D eigenvalue weighted by atomic mass is 32.2. The molecule has 0 saturated carbocycles. The number of aliphatic carboxylic acids is 1. The van der Waals surface area contributed by atoms with E-state index in [0.29, 0.717) is 29.1 Å². The van der Waals surface area contributed by atoms with Crippen molar-refractivity contribution >= 4 is 27.0 Å². The topological polar surface area (TPSA) is 115 Å². The number of carboxylic acid groups (broad SMARTS) is 1. The number of hydrogen-bond acceptors (Lipinski definition) is 6. The molecule has 204 valence electrons. The number of sulfonamides is 1. The standard InChI is InChI=1S/C29H32N4O5S/c1-18-11-21-7-5-6-8-27(21)39(36,37)33(16-18)17-23-12-20(10-9-19(23)2)24(15-28(34)35)22-13-25-29(26(14-22)38-4)32(3)31-30-25/h5-10,12-14,18,24H,11,15-17H2,1-4H3,(H,34,35)/t18-,24?/m1/s1.